The fraction of sp³-hybridized carbons (Fsp3) is 0.611. The van der Waals surface area contributed by atoms with E-state index in [1.165, 1.54) is 22.9 Å². The number of piperidine rings is 1. The molecule has 2 fully saturated rings. The maximum absolute atomic E-state index is 13.0. The Morgan fingerprint density at radius 3 is 2.35 bits per heavy atom. The van der Waals surface area contributed by atoms with Crippen molar-refractivity contribution in [2.45, 2.75) is 55.9 Å². The zero-order valence-corrected chi connectivity index (χ0v) is 16.9. The monoisotopic (exact) mass is 418 g/mol. The van der Waals surface area contributed by atoms with Gasteiger partial charge in [-0.15, -0.1) is 0 Å². The van der Waals surface area contributed by atoms with E-state index in [-0.39, 0.29) is 39.4 Å². The van der Waals surface area contributed by atoms with E-state index in [0.29, 0.717) is 19.4 Å². The number of carbonyl (C=O) groups excluding carboxylic acids is 1. The third kappa shape index (κ3) is 4.35. The van der Waals surface area contributed by atoms with Crippen LogP contribution in [0.5, 0.6) is 0 Å². The van der Waals surface area contributed by atoms with Crippen LogP contribution in [0.1, 0.15) is 44.9 Å². The van der Waals surface area contributed by atoms with E-state index in [4.69, 9.17) is 23.2 Å². The van der Waals surface area contributed by atoms with Crippen LogP contribution in [0.3, 0.4) is 0 Å². The Hall–Kier alpha value is -0.820. The van der Waals surface area contributed by atoms with Crippen LogP contribution in [0.25, 0.3) is 0 Å². The summed E-state index contributed by atoms with van der Waals surface area (Å²) in [4.78, 5) is 12.6. The normalized spacial score (nSPS) is 22.9. The number of nitrogens with zero attached hydrogens (tertiary/aromatic N) is 1. The second-order valence-corrected chi connectivity index (χ2v) is 9.79. The first-order valence-electron chi connectivity index (χ1n) is 9.14. The Bertz CT molecular complexity index is 743. The van der Waals surface area contributed by atoms with E-state index in [2.05, 4.69) is 5.32 Å². The van der Waals surface area contributed by atoms with Crippen LogP contribution >= 0.6 is 23.2 Å². The molecular weight excluding hydrogens is 395 g/mol. The minimum atomic E-state index is -3.83. The van der Waals surface area contributed by atoms with Gasteiger partial charge in [0.2, 0.25) is 15.9 Å². The van der Waals surface area contributed by atoms with Gasteiger partial charge in [0.15, 0.2) is 0 Å². The predicted octanol–water partition coefficient (Wildman–Crippen LogP) is 3.84. The fourth-order valence-electron chi connectivity index (χ4n) is 3.80. The number of benzene rings is 1. The predicted molar refractivity (Wildman–Crippen MR) is 103 cm³/mol. The average molecular weight is 419 g/mol. The van der Waals surface area contributed by atoms with Gasteiger partial charge >= 0.3 is 0 Å². The van der Waals surface area contributed by atoms with E-state index in [9.17, 15) is 13.2 Å². The Balaban J connectivity index is 1.72. The number of carbonyl (C=O) groups is 1. The molecule has 1 aliphatic carbocycles. The molecule has 1 aromatic rings. The zero-order chi connectivity index (χ0) is 18.7. The van der Waals surface area contributed by atoms with Crippen molar-refractivity contribution >= 4 is 39.1 Å². The number of hydrogen-bond donors (Lipinski definition) is 1. The molecule has 1 aromatic carbocycles. The molecule has 1 saturated carbocycles. The van der Waals surface area contributed by atoms with Crippen molar-refractivity contribution in [3.63, 3.8) is 0 Å². The molecule has 1 N–H and O–H groups in total. The van der Waals surface area contributed by atoms with E-state index in [0.717, 1.165) is 25.7 Å². The summed E-state index contributed by atoms with van der Waals surface area (Å²) in [6, 6.07) is 4.86. The highest BCUT2D eigenvalue weighted by molar-refractivity contribution is 7.89. The van der Waals surface area contributed by atoms with Crippen LogP contribution < -0.4 is 5.32 Å². The molecule has 1 heterocycles. The number of sulfonamides is 1. The van der Waals surface area contributed by atoms with Crippen LogP contribution in [0, 0.1) is 5.92 Å². The molecule has 1 unspecified atom stereocenters. The van der Waals surface area contributed by atoms with Crippen molar-refractivity contribution in [3.8, 4) is 0 Å². The van der Waals surface area contributed by atoms with Crippen molar-refractivity contribution in [3.05, 3.63) is 28.2 Å². The minimum Gasteiger partial charge on any atom is -0.353 e. The third-order valence-corrected chi connectivity index (χ3v) is 8.04. The van der Waals surface area contributed by atoms with Crippen LogP contribution in [0.2, 0.25) is 10.0 Å². The van der Waals surface area contributed by atoms with Crippen LogP contribution in [0.15, 0.2) is 23.1 Å². The molecule has 144 valence electrons. The number of hydrogen-bond acceptors (Lipinski definition) is 3. The molecule has 26 heavy (non-hydrogen) atoms. The highest BCUT2D eigenvalue weighted by Gasteiger charge is 2.36. The second kappa shape index (κ2) is 8.46. The second-order valence-electron chi connectivity index (χ2n) is 7.10. The number of rotatable bonds is 4. The SMILES string of the molecule is O=C(NC1CCCCC1)C1CCCN(S(=O)(=O)c2c(Cl)cccc2Cl)C1. The van der Waals surface area contributed by atoms with Gasteiger partial charge < -0.3 is 5.32 Å². The summed E-state index contributed by atoms with van der Waals surface area (Å²) in [5.74, 6) is -0.372. The molecule has 1 aliphatic heterocycles. The first-order chi connectivity index (χ1) is 12.4. The molecule has 0 radical (unpaired) electrons. The third-order valence-electron chi connectivity index (χ3n) is 5.22. The number of nitrogens with one attached hydrogen (secondary N) is 1. The first-order valence-corrected chi connectivity index (χ1v) is 11.3. The summed E-state index contributed by atoms with van der Waals surface area (Å²) < 4.78 is 27.4. The lowest BCUT2D eigenvalue weighted by Gasteiger charge is -2.33. The van der Waals surface area contributed by atoms with Gasteiger partial charge in [0.05, 0.1) is 16.0 Å². The molecule has 0 spiro atoms. The lowest BCUT2D eigenvalue weighted by Crippen LogP contribution is -2.47. The van der Waals surface area contributed by atoms with Gasteiger partial charge in [-0.05, 0) is 37.8 Å². The van der Waals surface area contributed by atoms with Crippen molar-refractivity contribution in [2.24, 2.45) is 5.92 Å². The van der Waals surface area contributed by atoms with Crippen molar-refractivity contribution in [1.82, 2.24) is 9.62 Å². The fourth-order valence-corrected chi connectivity index (χ4v) is 6.41. The van der Waals surface area contributed by atoms with E-state index in [1.54, 1.807) is 6.07 Å². The summed E-state index contributed by atoms with van der Waals surface area (Å²) in [5, 5.41) is 3.32. The van der Waals surface area contributed by atoms with Gasteiger partial charge in [-0.3, -0.25) is 4.79 Å². The Morgan fingerprint density at radius 1 is 1.04 bits per heavy atom. The molecular formula is C18H24Cl2N2O3S. The van der Waals surface area contributed by atoms with Gasteiger partial charge in [-0.25, -0.2) is 8.42 Å². The van der Waals surface area contributed by atoms with Crippen molar-refractivity contribution in [1.29, 1.82) is 0 Å². The number of amides is 1. The number of halogens is 2. The highest BCUT2D eigenvalue weighted by atomic mass is 35.5. The molecule has 1 amide bonds. The summed E-state index contributed by atoms with van der Waals surface area (Å²) in [7, 11) is -3.83. The Labute approximate surface area is 165 Å². The standard InChI is InChI=1S/C18H24Cl2N2O3S/c19-15-9-4-10-16(20)17(15)26(24,25)22-11-5-6-13(12-22)18(23)21-14-7-2-1-3-8-14/h4,9-10,13-14H,1-3,5-8,11-12H2,(H,21,23). The van der Waals surface area contributed by atoms with E-state index in [1.807, 2.05) is 0 Å². The summed E-state index contributed by atoms with van der Waals surface area (Å²) in [5.41, 5.74) is 0. The van der Waals surface area contributed by atoms with Crippen LogP contribution in [-0.4, -0.2) is 37.8 Å². The highest BCUT2D eigenvalue weighted by Crippen LogP contribution is 2.33. The van der Waals surface area contributed by atoms with E-state index >= 15 is 0 Å². The smallest absolute Gasteiger partial charge is 0.246 e. The molecule has 1 atom stereocenters. The lowest BCUT2D eigenvalue weighted by molar-refractivity contribution is -0.127. The van der Waals surface area contributed by atoms with Gasteiger partial charge in [0.1, 0.15) is 4.90 Å². The molecule has 2 aliphatic rings. The van der Waals surface area contributed by atoms with E-state index < -0.39 is 10.0 Å². The van der Waals surface area contributed by atoms with Crippen LogP contribution in [0.4, 0.5) is 0 Å². The summed E-state index contributed by atoms with van der Waals surface area (Å²) >= 11 is 12.2. The lowest BCUT2D eigenvalue weighted by atomic mass is 9.93. The largest absolute Gasteiger partial charge is 0.353 e. The molecule has 5 nitrogen and oxygen atoms in total. The minimum absolute atomic E-state index is 0.0398. The molecule has 0 bridgehead atoms. The van der Waals surface area contributed by atoms with Crippen LogP contribution in [-0.2, 0) is 14.8 Å². The maximum atomic E-state index is 13.0. The zero-order valence-electron chi connectivity index (χ0n) is 14.6. The first kappa shape index (κ1) is 19.9. The van der Waals surface area contributed by atoms with Crippen molar-refractivity contribution in [2.75, 3.05) is 13.1 Å². The Morgan fingerprint density at radius 2 is 1.69 bits per heavy atom. The van der Waals surface area contributed by atoms with Crippen molar-refractivity contribution < 1.29 is 13.2 Å². The quantitative estimate of drug-likeness (QED) is 0.807. The summed E-state index contributed by atoms with van der Waals surface area (Å²) in [6.07, 6.45) is 6.86. The van der Waals surface area contributed by atoms with Gasteiger partial charge in [-0.1, -0.05) is 48.5 Å². The molecule has 3 rings (SSSR count). The summed E-state index contributed by atoms with van der Waals surface area (Å²) in [6.45, 7) is 0.541. The molecule has 0 aromatic heterocycles. The van der Waals surface area contributed by atoms with Gasteiger partial charge in [-0.2, -0.15) is 4.31 Å². The Kier molecular flexibility index (Phi) is 6.49. The molecule has 8 heteroatoms. The van der Waals surface area contributed by atoms with Gasteiger partial charge in [0, 0.05) is 19.1 Å². The maximum Gasteiger partial charge on any atom is 0.246 e. The van der Waals surface area contributed by atoms with Gasteiger partial charge in [0.25, 0.3) is 0 Å². The average Bonchev–Trinajstić information content (AvgIpc) is 2.62. The topological polar surface area (TPSA) is 66.5 Å². The molecule has 1 saturated heterocycles.